The number of thioether (sulfide) groups is 1. The summed E-state index contributed by atoms with van der Waals surface area (Å²) in [5.41, 5.74) is 2.63. The molecule has 1 unspecified atom stereocenters. The van der Waals surface area contributed by atoms with Crippen LogP contribution in [0, 0.1) is 0 Å². The zero-order valence-electron chi connectivity index (χ0n) is 18.4. The quantitative estimate of drug-likeness (QED) is 0.384. The Hall–Kier alpha value is -3.62. The van der Waals surface area contributed by atoms with E-state index in [0.717, 1.165) is 22.0 Å². The standard InChI is InChI=1S/C26H20ClN3O4S/c27-21(31)12-29-25(33)22-24(32)18-13-35-14-20(18)30(26(22)34)23(15-6-2-1-3-7-15)17-8-4-10-19-16(17)9-5-11-28-19/h1-11,23,32H,12-14H2,(H,29,33). The number of carbonyl (C=O) groups is 2. The Morgan fingerprint density at radius 1 is 1.09 bits per heavy atom. The lowest BCUT2D eigenvalue weighted by Crippen LogP contribution is -2.38. The Morgan fingerprint density at radius 2 is 1.89 bits per heavy atom. The van der Waals surface area contributed by atoms with Crippen LogP contribution >= 0.6 is 23.4 Å². The third-order valence-corrected chi connectivity index (χ3v) is 7.15. The molecular weight excluding hydrogens is 486 g/mol. The van der Waals surface area contributed by atoms with E-state index < -0.39 is 34.9 Å². The lowest BCUT2D eigenvalue weighted by atomic mass is 9.93. The molecule has 2 aromatic carbocycles. The van der Waals surface area contributed by atoms with Crippen molar-refractivity contribution in [3.8, 4) is 5.75 Å². The summed E-state index contributed by atoms with van der Waals surface area (Å²) in [6, 6.07) is 18.5. The van der Waals surface area contributed by atoms with E-state index in [4.69, 9.17) is 11.6 Å². The first kappa shape index (κ1) is 23.1. The van der Waals surface area contributed by atoms with Crippen molar-refractivity contribution in [3.05, 3.63) is 105 Å². The van der Waals surface area contributed by atoms with Crippen LogP contribution in [-0.4, -0.2) is 32.4 Å². The van der Waals surface area contributed by atoms with Crippen LogP contribution in [0.1, 0.15) is 38.8 Å². The minimum Gasteiger partial charge on any atom is -0.507 e. The average Bonchev–Trinajstić information content (AvgIpc) is 3.36. The van der Waals surface area contributed by atoms with Gasteiger partial charge in [0.15, 0.2) is 0 Å². The summed E-state index contributed by atoms with van der Waals surface area (Å²) in [6.07, 6.45) is 1.71. The topological polar surface area (TPSA) is 101 Å². The molecule has 3 heterocycles. The molecule has 5 rings (SSSR count). The van der Waals surface area contributed by atoms with Gasteiger partial charge in [0.05, 0.1) is 18.1 Å². The van der Waals surface area contributed by atoms with Gasteiger partial charge in [-0.15, -0.1) is 0 Å². The number of nitrogens with zero attached hydrogens (tertiary/aromatic N) is 2. The van der Waals surface area contributed by atoms with Gasteiger partial charge in [-0.2, -0.15) is 11.8 Å². The molecule has 7 nitrogen and oxygen atoms in total. The number of aromatic hydroxyl groups is 1. The number of carbonyl (C=O) groups excluding carboxylic acids is 2. The molecule has 176 valence electrons. The van der Waals surface area contributed by atoms with Gasteiger partial charge < -0.3 is 10.4 Å². The van der Waals surface area contributed by atoms with Gasteiger partial charge in [-0.1, -0.05) is 48.5 Å². The summed E-state index contributed by atoms with van der Waals surface area (Å²) in [5, 5.41) is 13.4. The van der Waals surface area contributed by atoms with Gasteiger partial charge in [-0.25, -0.2) is 0 Å². The molecular formula is C26H20ClN3O4S. The average molecular weight is 506 g/mol. The van der Waals surface area contributed by atoms with Gasteiger partial charge in [-0.05, 0) is 34.9 Å². The van der Waals surface area contributed by atoms with Crippen LogP contribution in [0.2, 0.25) is 0 Å². The zero-order chi connectivity index (χ0) is 24.5. The van der Waals surface area contributed by atoms with Gasteiger partial charge in [0.2, 0.25) is 5.24 Å². The second kappa shape index (κ2) is 9.56. The monoisotopic (exact) mass is 505 g/mol. The maximum absolute atomic E-state index is 14.0. The highest BCUT2D eigenvalue weighted by molar-refractivity contribution is 7.98. The molecule has 0 radical (unpaired) electrons. The fourth-order valence-electron chi connectivity index (χ4n) is 4.52. The van der Waals surface area contributed by atoms with E-state index in [-0.39, 0.29) is 5.75 Å². The number of amides is 1. The minimum absolute atomic E-state index is 0.350. The van der Waals surface area contributed by atoms with Crippen molar-refractivity contribution in [3.63, 3.8) is 0 Å². The Morgan fingerprint density at radius 3 is 2.66 bits per heavy atom. The molecule has 2 N–H and O–H groups in total. The SMILES string of the molecule is O=C(Cl)CNC(=O)c1c(O)c2c(n(C(c3ccccc3)c3cccc4ncccc34)c1=O)CSC2. The molecule has 0 saturated carbocycles. The molecule has 0 bridgehead atoms. The van der Waals surface area contributed by atoms with Crippen LogP contribution in [-0.2, 0) is 16.3 Å². The third kappa shape index (κ3) is 4.19. The smallest absolute Gasteiger partial charge is 0.268 e. The van der Waals surface area contributed by atoms with Gasteiger partial charge in [0.1, 0.15) is 11.3 Å². The predicted octanol–water partition coefficient (Wildman–Crippen LogP) is 3.98. The van der Waals surface area contributed by atoms with Crippen LogP contribution in [0.3, 0.4) is 0 Å². The predicted molar refractivity (Wildman–Crippen MR) is 136 cm³/mol. The summed E-state index contributed by atoms with van der Waals surface area (Å²) in [4.78, 5) is 42.6. The second-order valence-electron chi connectivity index (χ2n) is 8.09. The molecule has 35 heavy (non-hydrogen) atoms. The van der Waals surface area contributed by atoms with Gasteiger partial charge in [-0.3, -0.25) is 23.9 Å². The van der Waals surface area contributed by atoms with Crippen LogP contribution in [0.25, 0.3) is 10.9 Å². The lowest BCUT2D eigenvalue weighted by Gasteiger charge is -2.26. The first-order chi connectivity index (χ1) is 17.0. The van der Waals surface area contributed by atoms with E-state index >= 15 is 0 Å². The minimum atomic E-state index is -0.846. The van der Waals surface area contributed by atoms with Crippen molar-refractivity contribution in [2.45, 2.75) is 17.5 Å². The Labute approximate surface area is 209 Å². The van der Waals surface area contributed by atoms with Crippen LogP contribution in [0.5, 0.6) is 5.75 Å². The van der Waals surface area contributed by atoms with Crippen LogP contribution < -0.4 is 10.9 Å². The number of hydrogen-bond donors (Lipinski definition) is 2. The maximum atomic E-state index is 14.0. The molecule has 0 spiro atoms. The van der Waals surface area contributed by atoms with Crippen molar-refractivity contribution < 1.29 is 14.7 Å². The number of hydrogen-bond acceptors (Lipinski definition) is 6. The van der Waals surface area contributed by atoms with E-state index in [0.29, 0.717) is 22.8 Å². The molecule has 0 aliphatic carbocycles. The number of aromatic nitrogens is 2. The number of pyridine rings is 2. The molecule has 2 aromatic heterocycles. The van der Waals surface area contributed by atoms with Crippen molar-refractivity contribution in [1.29, 1.82) is 0 Å². The van der Waals surface area contributed by atoms with Gasteiger partial charge in [0.25, 0.3) is 11.5 Å². The number of halogens is 1. The Kier molecular flexibility index (Phi) is 6.32. The first-order valence-corrected chi connectivity index (χ1v) is 12.4. The lowest BCUT2D eigenvalue weighted by molar-refractivity contribution is -0.110. The van der Waals surface area contributed by atoms with E-state index in [1.165, 1.54) is 0 Å². The summed E-state index contributed by atoms with van der Waals surface area (Å²) in [6.45, 7) is -0.456. The highest BCUT2D eigenvalue weighted by atomic mass is 35.5. The molecule has 1 amide bonds. The number of fused-ring (bicyclic) bond motifs is 2. The van der Waals surface area contributed by atoms with Gasteiger partial charge >= 0.3 is 0 Å². The number of benzene rings is 2. The summed E-state index contributed by atoms with van der Waals surface area (Å²) < 4.78 is 1.60. The number of nitrogens with one attached hydrogen (secondary N) is 1. The Bertz CT molecular complexity index is 1520. The van der Waals surface area contributed by atoms with Crippen molar-refractivity contribution in [2.24, 2.45) is 0 Å². The first-order valence-electron chi connectivity index (χ1n) is 10.9. The van der Waals surface area contributed by atoms with Crippen molar-refractivity contribution >= 4 is 45.4 Å². The van der Waals surface area contributed by atoms with E-state index in [9.17, 15) is 19.5 Å². The third-order valence-electron chi connectivity index (χ3n) is 6.04. The molecule has 1 aliphatic heterocycles. The Balaban J connectivity index is 1.82. The largest absolute Gasteiger partial charge is 0.507 e. The molecule has 0 saturated heterocycles. The number of rotatable bonds is 6. The molecule has 9 heteroatoms. The van der Waals surface area contributed by atoms with Crippen molar-refractivity contribution in [1.82, 2.24) is 14.9 Å². The normalized spacial score (nSPS) is 13.4. The summed E-state index contributed by atoms with van der Waals surface area (Å²) >= 11 is 6.92. The maximum Gasteiger partial charge on any atom is 0.268 e. The zero-order valence-corrected chi connectivity index (χ0v) is 20.0. The fourth-order valence-corrected chi connectivity index (χ4v) is 5.70. The fraction of sp³-hybridized carbons (Fsp3) is 0.154. The van der Waals surface area contributed by atoms with Gasteiger partial charge in [0, 0.05) is 34.3 Å². The van der Waals surface area contributed by atoms with E-state index in [2.05, 4.69) is 10.3 Å². The second-order valence-corrected chi connectivity index (χ2v) is 9.49. The summed E-state index contributed by atoms with van der Waals surface area (Å²) in [7, 11) is 0. The van der Waals surface area contributed by atoms with Crippen LogP contribution in [0.15, 0.2) is 71.7 Å². The molecule has 1 aliphatic rings. The van der Waals surface area contributed by atoms with E-state index in [1.807, 2.05) is 60.7 Å². The van der Waals surface area contributed by atoms with E-state index in [1.54, 1.807) is 22.5 Å². The van der Waals surface area contributed by atoms with Crippen molar-refractivity contribution in [2.75, 3.05) is 6.54 Å². The molecule has 0 fully saturated rings. The highest BCUT2D eigenvalue weighted by Crippen LogP contribution is 2.40. The highest BCUT2D eigenvalue weighted by Gasteiger charge is 2.33. The molecule has 1 atom stereocenters. The molecule has 4 aromatic rings. The summed E-state index contributed by atoms with van der Waals surface area (Å²) in [5.74, 6) is -0.236. The van der Waals surface area contributed by atoms with Crippen LogP contribution in [0.4, 0.5) is 0 Å².